The summed E-state index contributed by atoms with van der Waals surface area (Å²) in [6, 6.07) is 8.52. The number of benzene rings is 1. The first-order valence-corrected chi connectivity index (χ1v) is 7.72. The molecule has 0 atom stereocenters. The molecule has 1 aliphatic heterocycles. The van der Waals surface area contributed by atoms with Gasteiger partial charge in [0.1, 0.15) is 13.1 Å². The molecule has 2 nitrogen and oxygen atoms in total. The van der Waals surface area contributed by atoms with Crippen molar-refractivity contribution in [3.05, 3.63) is 36.0 Å². The van der Waals surface area contributed by atoms with Crippen molar-refractivity contribution in [3.63, 3.8) is 0 Å². The molecular weight excluding hydrogens is 240 g/mol. The van der Waals surface area contributed by atoms with Crippen LogP contribution in [-0.2, 0) is 5.75 Å². The van der Waals surface area contributed by atoms with Gasteiger partial charge in [0.2, 0.25) is 0 Å². The molecule has 18 heavy (non-hydrogen) atoms. The van der Waals surface area contributed by atoms with Gasteiger partial charge in [-0.2, -0.15) is 0 Å². The molecule has 0 aliphatic carbocycles. The minimum Gasteiger partial charge on any atom is -0.361 e. The van der Waals surface area contributed by atoms with E-state index in [1.165, 1.54) is 48.8 Å². The number of hydrogen-bond donors (Lipinski definition) is 1. The fourth-order valence-corrected chi connectivity index (χ4v) is 3.42. The molecule has 0 amide bonds. The lowest BCUT2D eigenvalue weighted by molar-refractivity contribution is -0.530. The summed E-state index contributed by atoms with van der Waals surface area (Å²) in [6.07, 6.45) is 6.24. The molecule has 1 aromatic heterocycles. The summed E-state index contributed by atoms with van der Waals surface area (Å²) in [6.45, 7) is 2.47. The summed E-state index contributed by atoms with van der Waals surface area (Å²) in [7, 11) is 0. The van der Waals surface area contributed by atoms with E-state index in [0.717, 1.165) is 5.75 Å². The summed E-state index contributed by atoms with van der Waals surface area (Å²) in [5.74, 6) is 1.06. The number of aromatic nitrogens is 1. The summed E-state index contributed by atoms with van der Waals surface area (Å²) in [5.41, 5.74) is 4.97. The largest absolute Gasteiger partial charge is 0.361 e. The smallest absolute Gasteiger partial charge is 0.198 e. The Morgan fingerprint density at radius 3 is 2.89 bits per heavy atom. The SMILES string of the molecule is C(SCc1c[nH]c2ccccc12)=[N+]1CCCCC1. The maximum atomic E-state index is 3.34. The molecule has 1 aliphatic rings. The highest BCUT2D eigenvalue weighted by molar-refractivity contribution is 8.11. The molecule has 0 spiro atoms. The fourth-order valence-electron chi connectivity index (χ4n) is 2.51. The fraction of sp³-hybridized carbons (Fsp3) is 0.400. The molecular formula is C15H19N2S+. The van der Waals surface area contributed by atoms with E-state index in [4.69, 9.17) is 0 Å². The second-order valence-corrected chi connectivity index (χ2v) is 5.71. The molecule has 3 heteroatoms. The van der Waals surface area contributed by atoms with Crippen LogP contribution in [0.25, 0.3) is 10.9 Å². The van der Waals surface area contributed by atoms with E-state index in [9.17, 15) is 0 Å². The van der Waals surface area contributed by atoms with Crippen LogP contribution >= 0.6 is 11.8 Å². The van der Waals surface area contributed by atoms with E-state index < -0.39 is 0 Å². The zero-order valence-corrected chi connectivity index (χ0v) is 11.4. The third kappa shape index (κ3) is 2.61. The van der Waals surface area contributed by atoms with E-state index in [2.05, 4.69) is 45.6 Å². The second-order valence-electron chi connectivity index (χ2n) is 4.87. The Labute approximate surface area is 112 Å². The van der Waals surface area contributed by atoms with Crippen molar-refractivity contribution < 1.29 is 4.58 Å². The number of nitrogens with one attached hydrogen (secondary N) is 1. The number of rotatable bonds is 3. The number of fused-ring (bicyclic) bond motifs is 1. The molecule has 2 heterocycles. The van der Waals surface area contributed by atoms with E-state index >= 15 is 0 Å². The Kier molecular flexibility index (Phi) is 3.69. The van der Waals surface area contributed by atoms with Gasteiger partial charge in [0.25, 0.3) is 0 Å². The number of nitrogens with zero attached hydrogens (tertiary/aromatic N) is 1. The molecule has 1 N–H and O–H groups in total. The van der Waals surface area contributed by atoms with E-state index in [0.29, 0.717) is 0 Å². The van der Waals surface area contributed by atoms with Crippen molar-refractivity contribution in [2.45, 2.75) is 25.0 Å². The highest BCUT2D eigenvalue weighted by atomic mass is 32.2. The van der Waals surface area contributed by atoms with Gasteiger partial charge in [0, 0.05) is 35.7 Å². The lowest BCUT2D eigenvalue weighted by Gasteiger charge is -2.08. The van der Waals surface area contributed by atoms with Crippen LogP contribution in [0.4, 0.5) is 0 Å². The van der Waals surface area contributed by atoms with Crippen LogP contribution in [0.5, 0.6) is 0 Å². The Morgan fingerprint density at radius 1 is 1.17 bits per heavy atom. The normalized spacial score (nSPS) is 16.1. The van der Waals surface area contributed by atoms with Crippen LogP contribution in [0.15, 0.2) is 30.5 Å². The zero-order valence-electron chi connectivity index (χ0n) is 10.6. The summed E-state index contributed by atoms with van der Waals surface area (Å²) < 4.78 is 2.46. The monoisotopic (exact) mass is 259 g/mol. The number of hydrogen-bond acceptors (Lipinski definition) is 1. The number of thioether (sulfide) groups is 1. The van der Waals surface area contributed by atoms with Crippen LogP contribution in [0, 0.1) is 0 Å². The highest BCUT2D eigenvalue weighted by Gasteiger charge is 2.10. The molecule has 1 fully saturated rings. The van der Waals surface area contributed by atoms with Crippen molar-refractivity contribution in [3.8, 4) is 0 Å². The van der Waals surface area contributed by atoms with Gasteiger partial charge in [-0.15, -0.1) is 0 Å². The van der Waals surface area contributed by atoms with Crippen molar-refractivity contribution in [2.75, 3.05) is 13.1 Å². The number of H-pyrrole nitrogens is 1. The third-order valence-electron chi connectivity index (χ3n) is 3.53. The van der Waals surface area contributed by atoms with E-state index in [-0.39, 0.29) is 0 Å². The molecule has 0 radical (unpaired) electrons. The van der Waals surface area contributed by atoms with Gasteiger partial charge in [-0.3, -0.25) is 0 Å². The van der Waals surface area contributed by atoms with Gasteiger partial charge >= 0.3 is 0 Å². The predicted molar refractivity (Wildman–Crippen MR) is 79.5 cm³/mol. The number of aromatic amines is 1. The van der Waals surface area contributed by atoms with Crippen LogP contribution in [-0.4, -0.2) is 28.2 Å². The summed E-state index contributed by atoms with van der Waals surface area (Å²) in [4.78, 5) is 3.34. The predicted octanol–water partition coefficient (Wildman–Crippen LogP) is 3.63. The first kappa shape index (κ1) is 11.8. The van der Waals surface area contributed by atoms with Gasteiger partial charge in [-0.05, 0) is 18.1 Å². The zero-order chi connectivity index (χ0) is 12.2. The van der Waals surface area contributed by atoms with Gasteiger partial charge in [-0.25, -0.2) is 4.58 Å². The minimum atomic E-state index is 1.06. The molecule has 0 saturated carbocycles. The van der Waals surface area contributed by atoms with Crippen molar-refractivity contribution >= 4 is 28.2 Å². The average Bonchev–Trinajstić information content (AvgIpc) is 2.84. The molecule has 94 valence electrons. The van der Waals surface area contributed by atoms with Gasteiger partial charge in [0.05, 0.1) is 0 Å². The highest BCUT2D eigenvalue weighted by Crippen LogP contribution is 2.21. The molecule has 2 aromatic rings. The molecule has 1 saturated heterocycles. The second kappa shape index (κ2) is 5.61. The lowest BCUT2D eigenvalue weighted by atomic mass is 10.2. The van der Waals surface area contributed by atoms with Crippen LogP contribution in [0.3, 0.4) is 0 Å². The first-order chi connectivity index (χ1) is 8.93. The Hall–Kier alpha value is -1.22. The minimum absolute atomic E-state index is 1.06. The lowest BCUT2D eigenvalue weighted by Crippen LogP contribution is -2.20. The standard InChI is InChI=1S/C15H19N2S/c1-4-8-17(9-5-1)12-18-11-13-10-16-15-7-3-2-6-14(13)15/h2-3,6-7,10,12,16H,1,4-5,8-9,11H2/q+1. The van der Waals surface area contributed by atoms with Crippen LogP contribution in [0.2, 0.25) is 0 Å². The quantitative estimate of drug-likeness (QED) is 0.659. The average molecular weight is 259 g/mol. The van der Waals surface area contributed by atoms with Crippen LogP contribution in [0.1, 0.15) is 24.8 Å². The van der Waals surface area contributed by atoms with Crippen molar-refractivity contribution in [2.24, 2.45) is 0 Å². The van der Waals surface area contributed by atoms with Gasteiger partial charge < -0.3 is 4.98 Å². The maximum absolute atomic E-state index is 3.34. The van der Waals surface area contributed by atoms with Crippen molar-refractivity contribution in [1.82, 2.24) is 4.98 Å². The Bertz CT molecular complexity index is 548. The molecule has 3 rings (SSSR count). The Balaban J connectivity index is 1.66. The van der Waals surface area contributed by atoms with E-state index in [1.807, 2.05) is 11.8 Å². The summed E-state index contributed by atoms with van der Waals surface area (Å²) in [5, 5.41) is 1.36. The molecule has 0 unspecified atom stereocenters. The topological polar surface area (TPSA) is 18.8 Å². The van der Waals surface area contributed by atoms with Gasteiger partial charge in [0.15, 0.2) is 5.55 Å². The maximum Gasteiger partial charge on any atom is 0.198 e. The number of piperidine rings is 1. The Morgan fingerprint density at radius 2 is 2.00 bits per heavy atom. The molecule has 1 aromatic carbocycles. The number of para-hydroxylation sites is 1. The first-order valence-electron chi connectivity index (χ1n) is 6.67. The van der Waals surface area contributed by atoms with E-state index in [1.54, 1.807) is 0 Å². The van der Waals surface area contributed by atoms with Crippen molar-refractivity contribution in [1.29, 1.82) is 0 Å². The molecule has 0 bridgehead atoms. The van der Waals surface area contributed by atoms with Gasteiger partial charge in [-0.1, -0.05) is 30.0 Å². The summed E-state index contributed by atoms with van der Waals surface area (Å²) >= 11 is 1.91. The third-order valence-corrected chi connectivity index (χ3v) is 4.45. The van der Waals surface area contributed by atoms with Crippen LogP contribution < -0.4 is 0 Å².